The first kappa shape index (κ1) is 24.9. The average Bonchev–Trinajstić information content (AvgIpc) is 3.34. The number of carbonyl (C=O) groups excluding carboxylic acids is 1. The van der Waals surface area contributed by atoms with Gasteiger partial charge in [-0.1, -0.05) is 40.9 Å². The molecule has 0 radical (unpaired) electrons. The van der Waals surface area contributed by atoms with Crippen LogP contribution in [0.15, 0.2) is 72.9 Å². The van der Waals surface area contributed by atoms with Crippen molar-refractivity contribution in [1.82, 2.24) is 8.97 Å². The Morgan fingerprint density at radius 2 is 1.63 bits per heavy atom. The molecule has 0 aliphatic carbocycles. The van der Waals surface area contributed by atoms with Gasteiger partial charge in [-0.3, -0.25) is 9.20 Å². The molecule has 5 nitrogen and oxygen atoms in total. The molecule has 1 aliphatic rings. The number of aryl methyl sites for hydroxylation is 2. The highest BCUT2D eigenvalue weighted by molar-refractivity contribution is 6.42. The van der Waals surface area contributed by atoms with Crippen LogP contribution in [0.3, 0.4) is 0 Å². The van der Waals surface area contributed by atoms with Crippen molar-refractivity contribution < 1.29 is 9.53 Å². The van der Waals surface area contributed by atoms with E-state index < -0.39 is 0 Å². The van der Waals surface area contributed by atoms with Gasteiger partial charge in [0.15, 0.2) is 0 Å². The normalized spacial score (nSPS) is 12.9. The fourth-order valence-corrected chi connectivity index (χ4v) is 5.71. The fourth-order valence-electron chi connectivity index (χ4n) is 5.29. The summed E-state index contributed by atoms with van der Waals surface area (Å²) in [7, 11) is 1.66. The van der Waals surface area contributed by atoms with Crippen LogP contribution in [0.2, 0.25) is 15.1 Å². The molecule has 3 aromatic carbocycles. The maximum Gasteiger partial charge on any atom is 0.273 e. The van der Waals surface area contributed by atoms with E-state index in [1.54, 1.807) is 37.4 Å². The van der Waals surface area contributed by atoms with E-state index in [1.807, 2.05) is 28.7 Å². The standard InChI is InChI=1S/C30H24Cl3N3O2/c1-38-22-12-5-18(6-13-22)26-17-36-28(29(37)34-21-10-8-20(31)9-11-21)27(19-7-14-24(32)25(33)16-19)23-4-2-3-15-35(26)30(23)36/h5-14,16-17H,2-4,15H2,1H3,(H,34,37). The number of aromatic nitrogens is 2. The molecule has 8 heteroatoms. The molecule has 6 rings (SSSR count). The fraction of sp³-hybridized carbons (Fsp3) is 0.167. The Labute approximate surface area is 235 Å². The lowest BCUT2D eigenvalue weighted by Crippen LogP contribution is -2.15. The molecular weight excluding hydrogens is 541 g/mol. The number of rotatable bonds is 5. The number of hydrogen-bond donors (Lipinski definition) is 1. The van der Waals surface area contributed by atoms with Crippen LogP contribution in [0.1, 0.15) is 28.9 Å². The molecule has 1 aliphatic heterocycles. The molecule has 0 atom stereocenters. The van der Waals surface area contributed by atoms with Crippen molar-refractivity contribution in [2.75, 3.05) is 12.4 Å². The second kappa shape index (κ2) is 10.1. The smallest absolute Gasteiger partial charge is 0.273 e. The first-order valence-electron chi connectivity index (χ1n) is 12.4. The lowest BCUT2D eigenvalue weighted by atomic mass is 9.97. The van der Waals surface area contributed by atoms with Gasteiger partial charge in [0.25, 0.3) is 5.91 Å². The first-order chi connectivity index (χ1) is 18.4. The zero-order chi connectivity index (χ0) is 26.4. The van der Waals surface area contributed by atoms with Crippen LogP contribution in [-0.4, -0.2) is 22.0 Å². The van der Waals surface area contributed by atoms with Gasteiger partial charge in [0, 0.05) is 34.6 Å². The van der Waals surface area contributed by atoms with Gasteiger partial charge in [-0.15, -0.1) is 0 Å². The van der Waals surface area contributed by atoms with Crippen LogP contribution in [-0.2, 0) is 13.0 Å². The Kier molecular flexibility index (Phi) is 6.60. The molecule has 0 saturated heterocycles. The monoisotopic (exact) mass is 563 g/mol. The number of carbonyl (C=O) groups is 1. The molecule has 2 aromatic heterocycles. The van der Waals surface area contributed by atoms with Crippen LogP contribution < -0.4 is 10.1 Å². The molecule has 0 saturated carbocycles. The molecule has 0 bridgehead atoms. The number of nitrogens with zero attached hydrogens (tertiary/aromatic N) is 2. The van der Waals surface area contributed by atoms with Crippen molar-refractivity contribution in [3.63, 3.8) is 0 Å². The summed E-state index contributed by atoms with van der Waals surface area (Å²) in [6.07, 6.45) is 4.95. The van der Waals surface area contributed by atoms with Crippen LogP contribution in [0.25, 0.3) is 28.0 Å². The van der Waals surface area contributed by atoms with Crippen LogP contribution in [0.4, 0.5) is 5.69 Å². The number of methoxy groups -OCH3 is 1. The van der Waals surface area contributed by atoms with Gasteiger partial charge in [0.2, 0.25) is 0 Å². The van der Waals surface area contributed by atoms with Gasteiger partial charge < -0.3 is 14.6 Å². The van der Waals surface area contributed by atoms with E-state index in [1.165, 1.54) is 0 Å². The quantitative estimate of drug-likeness (QED) is 0.232. The van der Waals surface area contributed by atoms with Gasteiger partial charge >= 0.3 is 0 Å². The third-order valence-electron chi connectivity index (χ3n) is 7.05. The van der Waals surface area contributed by atoms with Crippen molar-refractivity contribution in [2.24, 2.45) is 0 Å². The van der Waals surface area contributed by atoms with Crippen molar-refractivity contribution >= 4 is 52.0 Å². The summed E-state index contributed by atoms with van der Waals surface area (Å²) in [6.45, 7) is 0.855. The van der Waals surface area contributed by atoms with E-state index >= 15 is 0 Å². The maximum absolute atomic E-state index is 14.0. The summed E-state index contributed by atoms with van der Waals surface area (Å²) < 4.78 is 9.71. The Balaban J connectivity index is 1.59. The molecule has 192 valence electrons. The molecule has 5 aromatic rings. The van der Waals surface area contributed by atoms with E-state index in [0.717, 1.165) is 65.2 Å². The van der Waals surface area contributed by atoms with Gasteiger partial charge in [0.1, 0.15) is 17.1 Å². The molecule has 3 heterocycles. The largest absolute Gasteiger partial charge is 0.497 e. The summed E-state index contributed by atoms with van der Waals surface area (Å²) in [4.78, 5) is 14.0. The van der Waals surface area contributed by atoms with E-state index in [-0.39, 0.29) is 5.91 Å². The molecule has 0 fully saturated rings. The van der Waals surface area contributed by atoms with Gasteiger partial charge in [-0.2, -0.15) is 0 Å². The summed E-state index contributed by atoms with van der Waals surface area (Å²) in [5.74, 6) is 0.585. The number of anilines is 1. The Bertz CT molecular complexity index is 1670. The molecular formula is C30H24Cl3N3O2. The third kappa shape index (κ3) is 4.35. The molecule has 0 spiro atoms. The predicted octanol–water partition coefficient (Wildman–Crippen LogP) is 8.63. The summed E-state index contributed by atoms with van der Waals surface area (Å²) in [5.41, 5.74) is 7.21. The lowest BCUT2D eigenvalue weighted by molar-refractivity contribution is 0.102. The van der Waals surface area contributed by atoms with Crippen LogP contribution in [0, 0.1) is 0 Å². The van der Waals surface area contributed by atoms with E-state index in [9.17, 15) is 4.79 Å². The Hall–Kier alpha value is -3.38. The van der Waals surface area contributed by atoms with E-state index in [4.69, 9.17) is 39.5 Å². The van der Waals surface area contributed by atoms with Crippen molar-refractivity contribution in [2.45, 2.75) is 25.8 Å². The minimum absolute atomic E-state index is 0.214. The second-order valence-electron chi connectivity index (χ2n) is 9.34. The minimum atomic E-state index is -0.214. The molecule has 0 unspecified atom stereocenters. The van der Waals surface area contributed by atoms with Gasteiger partial charge in [0.05, 0.1) is 22.8 Å². The number of amides is 1. The Morgan fingerprint density at radius 3 is 2.34 bits per heavy atom. The number of nitrogens with one attached hydrogen (secondary N) is 1. The zero-order valence-corrected chi connectivity index (χ0v) is 22.9. The summed E-state index contributed by atoms with van der Waals surface area (Å²) >= 11 is 18.8. The van der Waals surface area contributed by atoms with Gasteiger partial charge in [-0.25, -0.2) is 0 Å². The minimum Gasteiger partial charge on any atom is -0.497 e. The van der Waals surface area contributed by atoms with E-state index in [0.29, 0.717) is 26.4 Å². The number of benzene rings is 3. The number of ether oxygens (including phenoxy) is 1. The second-order valence-corrected chi connectivity index (χ2v) is 10.6. The summed E-state index contributed by atoms with van der Waals surface area (Å²) in [5, 5.41) is 4.60. The highest BCUT2D eigenvalue weighted by Gasteiger charge is 2.30. The predicted molar refractivity (Wildman–Crippen MR) is 155 cm³/mol. The summed E-state index contributed by atoms with van der Waals surface area (Å²) in [6, 6.07) is 20.7. The number of imidazole rings is 1. The zero-order valence-electron chi connectivity index (χ0n) is 20.6. The maximum atomic E-state index is 14.0. The third-order valence-corrected chi connectivity index (χ3v) is 8.04. The first-order valence-corrected chi connectivity index (χ1v) is 13.5. The van der Waals surface area contributed by atoms with Crippen molar-refractivity contribution in [3.8, 4) is 28.1 Å². The topological polar surface area (TPSA) is 47.7 Å². The van der Waals surface area contributed by atoms with Crippen molar-refractivity contribution in [1.29, 1.82) is 0 Å². The van der Waals surface area contributed by atoms with Crippen molar-refractivity contribution in [3.05, 3.63) is 99.3 Å². The van der Waals surface area contributed by atoms with E-state index in [2.05, 4.69) is 28.2 Å². The van der Waals surface area contributed by atoms with Crippen LogP contribution >= 0.6 is 34.8 Å². The Morgan fingerprint density at radius 1 is 0.895 bits per heavy atom. The molecule has 1 amide bonds. The SMILES string of the molecule is COc1ccc(-c2cn3c(C(=O)Nc4ccc(Cl)cc4)c(-c4ccc(Cl)c(Cl)c4)c4c3n2CCCC4)cc1. The van der Waals surface area contributed by atoms with Gasteiger partial charge in [-0.05, 0) is 91.1 Å². The lowest BCUT2D eigenvalue weighted by Gasteiger charge is -2.11. The molecule has 38 heavy (non-hydrogen) atoms. The highest BCUT2D eigenvalue weighted by atomic mass is 35.5. The molecule has 1 N–H and O–H groups in total. The number of hydrogen-bond acceptors (Lipinski definition) is 2. The van der Waals surface area contributed by atoms with Crippen LogP contribution in [0.5, 0.6) is 5.75 Å². The highest BCUT2D eigenvalue weighted by Crippen LogP contribution is 2.41. The number of halogens is 3. The average molecular weight is 565 g/mol.